The molecule has 2 unspecified atom stereocenters. The van der Waals surface area contributed by atoms with E-state index in [0.717, 1.165) is 12.1 Å². The lowest BCUT2D eigenvalue weighted by atomic mass is 10.0. The fourth-order valence-corrected chi connectivity index (χ4v) is 1.49. The van der Waals surface area contributed by atoms with Crippen molar-refractivity contribution in [2.45, 2.75) is 26.1 Å². The Morgan fingerprint density at radius 3 is 2.38 bits per heavy atom. The zero-order chi connectivity index (χ0) is 16.2. The molecule has 116 valence electrons. The lowest BCUT2D eigenvalue weighted by Crippen LogP contribution is -2.42. The van der Waals surface area contributed by atoms with E-state index in [1.165, 1.54) is 26.0 Å². The Balaban J connectivity index is 2.69. The number of urea groups is 1. The van der Waals surface area contributed by atoms with Gasteiger partial charge < -0.3 is 15.7 Å². The van der Waals surface area contributed by atoms with Crippen LogP contribution in [0.1, 0.15) is 19.4 Å². The molecule has 0 aromatic heterocycles. The lowest BCUT2D eigenvalue weighted by Gasteiger charge is -2.18. The number of anilines is 1. The van der Waals surface area contributed by atoms with Gasteiger partial charge in [0.15, 0.2) is 0 Å². The van der Waals surface area contributed by atoms with E-state index in [0.29, 0.717) is 0 Å². The number of carboxylic acid groups (broad SMARTS) is 1. The highest BCUT2D eigenvalue weighted by molar-refractivity contribution is 5.89. The number of hydrogen-bond acceptors (Lipinski definition) is 2. The normalized spacial score (nSPS) is 14.1. The molecule has 0 aliphatic heterocycles. The second kappa shape index (κ2) is 6.47. The SMILES string of the molecule is CC(NC(=O)Nc1cccc(C(F)(F)F)c1)C(C)C(=O)O. The van der Waals surface area contributed by atoms with Gasteiger partial charge in [-0.15, -0.1) is 0 Å². The molecule has 3 N–H and O–H groups in total. The van der Waals surface area contributed by atoms with Crippen molar-refractivity contribution in [3.8, 4) is 0 Å². The molecular formula is C13H15F3N2O3. The number of carbonyl (C=O) groups is 2. The summed E-state index contributed by atoms with van der Waals surface area (Å²) >= 11 is 0. The van der Waals surface area contributed by atoms with Crippen molar-refractivity contribution >= 4 is 17.7 Å². The highest BCUT2D eigenvalue weighted by Crippen LogP contribution is 2.30. The first kappa shape index (κ1) is 16.8. The zero-order valence-corrected chi connectivity index (χ0v) is 11.4. The fraction of sp³-hybridized carbons (Fsp3) is 0.385. The van der Waals surface area contributed by atoms with Crippen LogP contribution in [0.3, 0.4) is 0 Å². The summed E-state index contributed by atoms with van der Waals surface area (Å²) < 4.78 is 37.5. The molecule has 0 fully saturated rings. The number of benzene rings is 1. The number of carboxylic acids is 1. The van der Waals surface area contributed by atoms with Gasteiger partial charge in [-0.2, -0.15) is 13.2 Å². The summed E-state index contributed by atoms with van der Waals surface area (Å²) in [6.45, 7) is 2.90. The molecule has 2 atom stereocenters. The minimum atomic E-state index is -4.50. The summed E-state index contributed by atoms with van der Waals surface area (Å²) in [4.78, 5) is 22.4. The van der Waals surface area contributed by atoms with Gasteiger partial charge in [0.25, 0.3) is 0 Å². The molecule has 21 heavy (non-hydrogen) atoms. The number of hydrogen-bond donors (Lipinski definition) is 3. The van der Waals surface area contributed by atoms with Crippen molar-refractivity contribution in [3.05, 3.63) is 29.8 Å². The quantitative estimate of drug-likeness (QED) is 0.800. The van der Waals surface area contributed by atoms with Crippen molar-refractivity contribution in [2.75, 3.05) is 5.32 Å². The van der Waals surface area contributed by atoms with Crippen LogP contribution in [0.25, 0.3) is 0 Å². The molecule has 0 saturated carbocycles. The predicted octanol–water partition coefficient (Wildman–Crippen LogP) is 2.94. The molecule has 0 aliphatic carbocycles. The average molecular weight is 304 g/mol. The van der Waals surface area contributed by atoms with Crippen LogP contribution in [0.4, 0.5) is 23.7 Å². The molecule has 1 rings (SSSR count). The van der Waals surface area contributed by atoms with E-state index in [4.69, 9.17) is 5.11 Å². The maximum absolute atomic E-state index is 12.5. The standard InChI is InChI=1S/C13H15F3N2O3/c1-7(11(19)20)8(2)17-12(21)18-10-5-3-4-9(6-10)13(14,15)16/h3-8H,1-2H3,(H,19,20)(H2,17,18,21). The second-order valence-corrected chi connectivity index (χ2v) is 4.59. The number of rotatable bonds is 4. The van der Waals surface area contributed by atoms with Crippen molar-refractivity contribution < 1.29 is 27.9 Å². The van der Waals surface area contributed by atoms with Crippen molar-refractivity contribution in [3.63, 3.8) is 0 Å². The molecule has 8 heteroatoms. The third kappa shape index (κ3) is 4.97. The summed E-state index contributed by atoms with van der Waals surface area (Å²) in [5.74, 6) is -1.90. The molecule has 0 bridgehead atoms. The minimum absolute atomic E-state index is 0.0301. The molecule has 1 aromatic rings. The van der Waals surface area contributed by atoms with E-state index in [2.05, 4.69) is 10.6 Å². The summed E-state index contributed by atoms with van der Waals surface area (Å²) in [5.41, 5.74) is -0.912. The third-order valence-electron chi connectivity index (χ3n) is 2.95. The van der Waals surface area contributed by atoms with E-state index >= 15 is 0 Å². The minimum Gasteiger partial charge on any atom is -0.481 e. The van der Waals surface area contributed by atoms with Gasteiger partial charge in [-0.25, -0.2) is 4.79 Å². The fourth-order valence-electron chi connectivity index (χ4n) is 1.49. The Kier molecular flexibility index (Phi) is 5.17. The smallest absolute Gasteiger partial charge is 0.416 e. The summed E-state index contributed by atoms with van der Waals surface area (Å²) in [7, 11) is 0. The highest BCUT2D eigenvalue weighted by atomic mass is 19.4. The number of carbonyl (C=O) groups excluding carboxylic acids is 1. The average Bonchev–Trinajstić information content (AvgIpc) is 2.36. The van der Waals surface area contributed by atoms with E-state index in [9.17, 15) is 22.8 Å². The molecule has 0 radical (unpaired) electrons. The van der Waals surface area contributed by atoms with Gasteiger partial charge >= 0.3 is 18.2 Å². The first-order chi connectivity index (χ1) is 9.61. The van der Waals surface area contributed by atoms with Gasteiger partial charge in [0.2, 0.25) is 0 Å². The van der Waals surface area contributed by atoms with E-state index in [-0.39, 0.29) is 5.69 Å². The Bertz CT molecular complexity index is 532. The van der Waals surface area contributed by atoms with Gasteiger partial charge in [-0.1, -0.05) is 6.07 Å². The van der Waals surface area contributed by atoms with Crippen LogP contribution >= 0.6 is 0 Å². The third-order valence-corrected chi connectivity index (χ3v) is 2.95. The van der Waals surface area contributed by atoms with Crippen LogP contribution in [-0.4, -0.2) is 23.1 Å². The predicted molar refractivity (Wildman–Crippen MR) is 69.9 cm³/mol. The Morgan fingerprint density at radius 1 is 1.24 bits per heavy atom. The van der Waals surface area contributed by atoms with E-state index < -0.39 is 35.7 Å². The first-order valence-corrected chi connectivity index (χ1v) is 6.09. The van der Waals surface area contributed by atoms with Crippen LogP contribution in [-0.2, 0) is 11.0 Å². The van der Waals surface area contributed by atoms with Crippen molar-refractivity contribution in [1.29, 1.82) is 0 Å². The zero-order valence-electron chi connectivity index (χ0n) is 11.4. The molecule has 0 spiro atoms. The molecular weight excluding hydrogens is 289 g/mol. The summed E-state index contributed by atoms with van der Waals surface area (Å²) in [5, 5.41) is 13.4. The maximum atomic E-state index is 12.5. The van der Waals surface area contributed by atoms with Crippen LogP contribution in [0, 0.1) is 5.92 Å². The van der Waals surface area contributed by atoms with E-state index in [1.54, 1.807) is 0 Å². The van der Waals surface area contributed by atoms with Crippen LogP contribution in [0.15, 0.2) is 24.3 Å². The molecule has 0 heterocycles. The molecule has 1 aromatic carbocycles. The van der Waals surface area contributed by atoms with Crippen LogP contribution in [0.5, 0.6) is 0 Å². The monoisotopic (exact) mass is 304 g/mol. The number of amides is 2. The molecule has 5 nitrogen and oxygen atoms in total. The number of nitrogens with one attached hydrogen (secondary N) is 2. The van der Waals surface area contributed by atoms with Gasteiger partial charge in [0.1, 0.15) is 0 Å². The Hall–Kier alpha value is -2.25. The van der Waals surface area contributed by atoms with Gasteiger partial charge in [0.05, 0.1) is 11.5 Å². The summed E-state index contributed by atoms with van der Waals surface area (Å²) in [6.07, 6.45) is -4.50. The topological polar surface area (TPSA) is 78.4 Å². The lowest BCUT2D eigenvalue weighted by molar-refractivity contribution is -0.142. The first-order valence-electron chi connectivity index (χ1n) is 6.09. The Labute approximate surface area is 119 Å². The van der Waals surface area contributed by atoms with Gasteiger partial charge in [0, 0.05) is 11.7 Å². The van der Waals surface area contributed by atoms with Gasteiger partial charge in [-0.05, 0) is 32.0 Å². The van der Waals surface area contributed by atoms with Crippen molar-refractivity contribution in [1.82, 2.24) is 5.32 Å². The van der Waals surface area contributed by atoms with Gasteiger partial charge in [-0.3, -0.25) is 4.79 Å². The highest BCUT2D eigenvalue weighted by Gasteiger charge is 2.30. The molecule has 0 aliphatic rings. The second-order valence-electron chi connectivity index (χ2n) is 4.59. The molecule has 0 saturated heterocycles. The van der Waals surface area contributed by atoms with Crippen LogP contribution < -0.4 is 10.6 Å². The van der Waals surface area contributed by atoms with Crippen LogP contribution in [0.2, 0.25) is 0 Å². The maximum Gasteiger partial charge on any atom is 0.416 e. The molecule has 2 amide bonds. The number of halogens is 3. The van der Waals surface area contributed by atoms with E-state index in [1.807, 2.05) is 0 Å². The summed E-state index contributed by atoms with van der Waals surface area (Å²) in [6, 6.07) is 2.72. The number of aliphatic carboxylic acids is 1. The number of alkyl halides is 3. The Morgan fingerprint density at radius 2 is 1.86 bits per heavy atom. The largest absolute Gasteiger partial charge is 0.481 e. The van der Waals surface area contributed by atoms with Crippen molar-refractivity contribution in [2.24, 2.45) is 5.92 Å².